The van der Waals surface area contributed by atoms with Crippen molar-refractivity contribution in [2.24, 2.45) is 0 Å². The summed E-state index contributed by atoms with van der Waals surface area (Å²) in [4.78, 5) is 15.7. The van der Waals surface area contributed by atoms with Gasteiger partial charge in [0.2, 0.25) is 0 Å². The van der Waals surface area contributed by atoms with Crippen LogP contribution in [0, 0.1) is 4.78 Å². The van der Waals surface area contributed by atoms with Crippen molar-refractivity contribution in [3.63, 3.8) is 0 Å². The summed E-state index contributed by atoms with van der Waals surface area (Å²) in [6.07, 6.45) is 7.73. The SMILES string of the molecule is CC(C)n1nc(N2CCS(=N)CC2)c2cnc(Nc3ccnc(-c4cnn(S(=O)(=O)C5CC5)c4)n3)cc21. The largest absolute Gasteiger partial charge is 0.353 e. The Morgan fingerprint density at radius 3 is 2.65 bits per heavy atom. The van der Waals surface area contributed by atoms with Crippen molar-refractivity contribution in [2.75, 3.05) is 34.8 Å². The van der Waals surface area contributed by atoms with Gasteiger partial charge in [0, 0.05) is 49.1 Å². The van der Waals surface area contributed by atoms with E-state index in [-0.39, 0.29) is 22.0 Å². The van der Waals surface area contributed by atoms with E-state index in [1.165, 1.54) is 12.4 Å². The van der Waals surface area contributed by atoms with E-state index in [0.29, 0.717) is 35.9 Å². The normalized spacial score (nSPS) is 17.1. The van der Waals surface area contributed by atoms with Crippen LogP contribution in [0.5, 0.6) is 0 Å². The van der Waals surface area contributed by atoms with Crippen molar-refractivity contribution in [3.05, 3.63) is 36.9 Å². The number of nitrogens with zero attached hydrogens (tertiary/aromatic N) is 8. The lowest BCUT2D eigenvalue weighted by atomic mass is 10.2. The van der Waals surface area contributed by atoms with E-state index in [2.05, 4.69) is 44.1 Å². The van der Waals surface area contributed by atoms with Crippen LogP contribution in [0.3, 0.4) is 0 Å². The van der Waals surface area contributed by atoms with Crippen molar-refractivity contribution in [2.45, 2.75) is 38.0 Å². The topological polar surface area (TPSA) is 148 Å². The number of fused-ring (bicyclic) bond motifs is 1. The molecule has 5 heterocycles. The zero-order valence-corrected chi connectivity index (χ0v) is 22.2. The van der Waals surface area contributed by atoms with Crippen molar-refractivity contribution < 1.29 is 8.42 Å². The van der Waals surface area contributed by atoms with Crippen molar-refractivity contribution in [1.82, 2.24) is 33.9 Å². The minimum atomic E-state index is -3.45. The van der Waals surface area contributed by atoms with E-state index < -0.39 is 10.0 Å². The molecule has 1 saturated carbocycles. The van der Waals surface area contributed by atoms with Gasteiger partial charge in [-0.2, -0.15) is 14.3 Å². The second-order valence-electron chi connectivity index (χ2n) is 9.57. The summed E-state index contributed by atoms with van der Waals surface area (Å²) in [5.41, 5.74) is 1.50. The maximum atomic E-state index is 12.5. The van der Waals surface area contributed by atoms with Crippen LogP contribution >= 0.6 is 0 Å². The smallest absolute Gasteiger partial charge is 0.256 e. The zero-order chi connectivity index (χ0) is 25.7. The van der Waals surface area contributed by atoms with Gasteiger partial charge in [0.25, 0.3) is 10.0 Å². The molecule has 2 aliphatic rings. The molecular formula is C23H28N10O2S2. The summed E-state index contributed by atoms with van der Waals surface area (Å²) < 4.78 is 36.0. The van der Waals surface area contributed by atoms with E-state index in [9.17, 15) is 8.42 Å². The molecule has 0 radical (unpaired) electrons. The number of nitrogens with one attached hydrogen (secondary N) is 2. The van der Waals surface area contributed by atoms with E-state index in [0.717, 1.165) is 45.4 Å². The molecule has 4 aromatic heterocycles. The number of hydrogen-bond donors (Lipinski definition) is 2. The van der Waals surface area contributed by atoms with Gasteiger partial charge < -0.3 is 10.2 Å². The van der Waals surface area contributed by atoms with Crippen LogP contribution in [0.25, 0.3) is 22.3 Å². The Balaban J connectivity index is 1.28. The van der Waals surface area contributed by atoms with Crippen molar-refractivity contribution in [3.8, 4) is 11.4 Å². The van der Waals surface area contributed by atoms with E-state index in [1.807, 2.05) is 16.9 Å². The molecule has 0 bridgehead atoms. The van der Waals surface area contributed by atoms with E-state index >= 15 is 0 Å². The van der Waals surface area contributed by atoms with Crippen LogP contribution in [-0.2, 0) is 20.7 Å². The zero-order valence-electron chi connectivity index (χ0n) is 20.6. The first-order valence-electron chi connectivity index (χ1n) is 12.2. The van der Waals surface area contributed by atoms with Crippen molar-refractivity contribution >= 4 is 49.1 Å². The van der Waals surface area contributed by atoms with Gasteiger partial charge in [-0.1, -0.05) is 0 Å². The fraction of sp³-hybridized carbons (Fsp3) is 0.435. The molecule has 1 aliphatic carbocycles. The summed E-state index contributed by atoms with van der Waals surface area (Å²) >= 11 is 0. The number of pyridine rings is 1. The predicted octanol–water partition coefficient (Wildman–Crippen LogP) is 2.95. The molecule has 1 aliphatic heterocycles. The number of anilines is 3. The van der Waals surface area contributed by atoms with Crippen LogP contribution in [0.2, 0.25) is 0 Å². The highest BCUT2D eigenvalue weighted by molar-refractivity contribution is 7.90. The standard InChI is InChI=1S/C23H28N10O2S2/c1-15(2)33-19-11-21(26-13-18(19)23(30-33)31-7-9-36(24)10-8-31)28-20-5-6-25-22(29-20)16-12-27-32(14-16)37(34,35)17-3-4-17/h5-6,11-15,17,24H,3-4,7-10H2,1-2H3,(H,25,26,28,29). The summed E-state index contributed by atoms with van der Waals surface area (Å²) in [5.74, 6) is 4.17. The molecule has 0 atom stereocenters. The monoisotopic (exact) mass is 540 g/mol. The Labute approximate surface area is 217 Å². The number of rotatable bonds is 7. The van der Waals surface area contributed by atoms with Gasteiger partial charge in [0.05, 0.1) is 34.1 Å². The Hall–Kier alpha value is -3.39. The average molecular weight is 541 g/mol. The third kappa shape index (κ3) is 4.59. The molecule has 0 unspecified atom stereocenters. The maximum Gasteiger partial charge on any atom is 0.256 e. The van der Waals surface area contributed by atoms with Gasteiger partial charge in [-0.3, -0.25) is 9.46 Å². The van der Waals surface area contributed by atoms with Gasteiger partial charge in [-0.15, -0.1) is 10.7 Å². The van der Waals surface area contributed by atoms with Gasteiger partial charge >= 0.3 is 0 Å². The summed E-state index contributed by atoms with van der Waals surface area (Å²) in [5, 5.41) is 12.8. The highest BCUT2D eigenvalue weighted by Gasteiger charge is 2.37. The lowest BCUT2D eigenvalue weighted by molar-refractivity contribution is 0.549. The molecule has 37 heavy (non-hydrogen) atoms. The number of hydrogen-bond acceptors (Lipinski definition) is 10. The molecule has 0 aromatic carbocycles. The average Bonchev–Trinajstić information content (AvgIpc) is 3.51. The minimum absolute atomic E-state index is 0.163. The fourth-order valence-corrected chi connectivity index (χ4v) is 6.92. The molecule has 12 nitrogen and oxygen atoms in total. The molecule has 2 N–H and O–H groups in total. The first-order valence-corrected chi connectivity index (χ1v) is 15.3. The second-order valence-corrected chi connectivity index (χ2v) is 13.4. The van der Waals surface area contributed by atoms with Gasteiger partial charge in [0.1, 0.15) is 11.6 Å². The van der Waals surface area contributed by atoms with E-state index in [4.69, 9.17) is 9.88 Å². The Bertz CT molecular complexity index is 1600. The molecular weight excluding hydrogens is 512 g/mol. The summed E-state index contributed by atoms with van der Waals surface area (Å²) in [6, 6.07) is 3.86. The third-order valence-corrected chi connectivity index (χ3v) is 9.90. The molecule has 194 valence electrons. The lowest BCUT2D eigenvalue weighted by Crippen LogP contribution is -2.37. The first kappa shape index (κ1) is 24.0. The summed E-state index contributed by atoms with van der Waals surface area (Å²) in [7, 11) is -3.71. The Morgan fingerprint density at radius 1 is 1.14 bits per heavy atom. The molecule has 0 amide bonds. The van der Waals surface area contributed by atoms with Gasteiger partial charge in [0.15, 0.2) is 11.6 Å². The highest BCUT2D eigenvalue weighted by Crippen LogP contribution is 2.32. The third-order valence-electron chi connectivity index (χ3n) is 6.51. The molecule has 0 spiro atoms. The van der Waals surface area contributed by atoms with Crippen LogP contribution in [0.1, 0.15) is 32.7 Å². The van der Waals surface area contributed by atoms with Crippen LogP contribution in [0.15, 0.2) is 36.9 Å². The van der Waals surface area contributed by atoms with Crippen LogP contribution in [0.4, 0.5) is 17.5 Å². The Morgan fingerprint density at radius 2 is 1.92 bits per heavy atom. The lowest BCUT2D eigenvalue weighted by Gasteiger charge is -2.27. The molecule has 1 saturated heterocycles. The molecule has 4 aromatic rings. The summed E-state index contributed by atoms with van der Waals surface area (Å²) in [6.45, 7) is 5.86. The Kier molecular flexibility index (Phi) is 5.94. The van der Waals surface area contributed by atoms with E-state index in [1.54, 1.807) is 12.3 Å². The number of aromatic nitrogens is 7. The molecule has 6 rings (SSSR count). The molecule has 2 fully saturated rings. The first-order chi connectivity index (χ1) is 17.8. The second kappa shape index (κ2) is 9.17. The minimum Gasteiger partial charge on any atom is -0.353 e. The van der Waals surface area contributed by atoms with Gasteiger partial charge in [-0.25, -0.2) is 23.4 Å². The van der Waals surface area contributed by atoms with Crippen LogP contribution in [-0.4, -0.2) is 72.2 Å². The molecule has 14 heteroatoms. The fourth-order valence-electron chi connectivity index (χ4n) is 4.36. The highest BCUT2D eigenvalue weighted by atomic mass is 32.2. The predicted molar refractivity (Wildman–Crippen MR) is 144 cm³/mol. The maximum absolute atomic E-state index is 12.5. The van der Waals surface area contributed by atoms with Gasteiger partial charge in [-0.05, 0) is 32.8 Å². The van der Waals surface area contributed by atoms with Crippen molar-refractivity contribution in [1.29, 1.82) is 4.78 Å². The quantitative estimate of drug-likeness (QED) is 0.361. The van der Waals surface area contributed by atoms with Crippen LogP contribution < -0.4 is 10.2 Å².